The third-order valence-electron chi connectivity index (χ3n) is 3.19. The molecule has 1 atom stereocenters. The van der Waals surface area contributed by atoms with Crippen molar-refractivity contribution in [2.24, 2.45) is 11.7 Å². The summed E-state index contributed by atoms with van der Waals surface area (Å²) in [6.07, 6.45) is 0. The van der Waals surface area contributed by atoms with Crippen LogP contribution in [-0.4, -0.2) is 38.6 Å². The molecule has 0 spiro atoms. The fraction of sp³-hybridized carbons (Fsp3) is 0.467. The second-order valence-electron chi connectivity index (χ2n) is 5.22. The van der Waals surface area contributed by atoms with Crippen LogP contribution in [0.4, 0.5) is 5.69 Å². The maximum Gasteiger partial charge on any atom is 0.243 e. The average Bonchev–Trinajstić information content (AvgIpc) is 2.52. The van der Waals surface area contributed by atoms with Crippen LogP contribution in [0.15, 0.2) is 12.1 Å². The van der Waals surface area contributed by atoms with E-state index in [0.717, 1.165) is 0 Å². The van der Waals surface area contributed by atoms with Gasteiger partial charge in [-0.3, -0.25) is 9.59 Å². The molecule has 0 unspecified atom stereocenters. The highest BCUT2D eigenvalue weighted by atomic mass is 35.5. The largest absolute Gasteiger partial charge is 0.495 e. The van der Waals surface area contributed by atoms with Gasteiger partial charge in [-0.2, -0.15) is 0 Å². The van der Waals surface area contributed by atoms with E-state index in [1.54, 1.807) is 6.07 Å². The van der Waals surface area contributed by atoms with Crippen LogP contribution in [-0.2, 0) is 9.59 Å². The number of nitrogens with one attached hydrogen (secondary N) is 2. The molecule has 136 valence electrons. The summed E-state index contributed by atoms with van der Waals surface area (Å²) in [6, 6.07) is 2.41. The number of methoxy groups -OCH3 is 2. The zero-order valence-corrected chi connectivity index (χ0v) is 15.6. The van der Waals surface area contributed by atoms with Crippen LogP contribution in [0, 0.1) is 5.92 Å². The third kappa shape index (κ3) is 6.07. The number of hydrogen-bond donors (Lipinski definition) is 3. The van der Waals surface area contributed by atoms with Crippen molar-refractivity contribution in [3.63, 3.8) is 0 Å². The van der Waals surface area contributed by atoms with Gasteiger partial charge in [-0.15, -0.1) is 12.4 Å². The van der Waals surface area contributed by atoms with Gasteiger partial charge in [0.05, 0.1) is 37.5 Å². The summed E-state index contributed by atoms with van der Waals surface area (Å²) in [7, 11) is 2.92. The molecule has 0 saturated heterocycles. The highest BCUT2D eigenvalue weighted by molar-refractivity contribution is 6.32. The van der Waals surface area contributed by atoms with Gasteiger partial charge < -0.3 is 25.8 Å². The lowest BCUT2D eigenvalue weighted by Gasteiger charge is -2.16. The van der Waals surface area contributed by atoms with Crippen molar-refractivity contribution >= 4 is 41.5 Å². The van der Waals surface area contributed by atoms with Crippen LogP contribution in [0.1, 0.15) is 13.8 Å². The van der Waals surface area contributed by atoms with E-state index in [4.69, 9.17) is 26.8 Å². The first-order chi connectivity index (χ1) is 10.8. The van der Waals surface area contributed by atoms with E-state index in [1.807, 2.05) is 13.8 Å². The van der Waals surface area contributed by atoms with E-state index in [-0.39, 0.29) is 30.8 Å². The minimum absolute atomic E-state index is 0. The molecule has 0 fully saturated rings. The average molecular weight is 380 g/mol. The number of ether oxygens (including phenoxy) is 2. The quantitative estimate of drug-likeness (QED) is 0.670. The van der Waals surface area contributed by atoms with Gasteiger partial charge in [0.15, 0.2) is 0 Å². The minimum Gasteiger partial charge on any atom is -0.495 e. The number of anilines is 1. The summed E-state index contributed by atoms with van der Waals surface area (Å²) in [4.78, 5) is 23.7. The predicted molar refractivity (Wildman–Crippen MR) is 96.3 cm³/mol. The molecule has 24 heavy (non-hydrogen) atoms. The van der Waals surface area contributed by atoms with Gasteiger partial charge in [-0.25, -0.2) is 0 Å². The van der Waals surface area contributed by atoms with Crippen molar-refractivity contribution in [2.45, 2.75) is 19.9 Å². The number of halogens is 2. The molecule has 7 nitrogen and oxygen atoms in total. The Morgan fingerprint density at radius 3 is 2.29 bits per heavy atom. The van der Waals surface area contributed by atoms with Crippen molar-refractivity contribution < 1.29 is 19.1 Å². The van der Waals surface area contributed by atoms with E-state index in [0.29, 0.717) is 22.2 Å². The third-order valence-corrected chi connectivity index (χ3v) is 3.49. The molecule has 4 N–H and O–H groups in total. The van der Waals surface area contributed by atoms with Crippen LogP contribution in [0.5, 0.6) is 11.5 Å². The molecule has 0 bridgehead atoms. The first kappa shape index (κ1) is 22.3. The van der Waals surface area contributed by atoms with Gasteiger partial charge >= 0.3 is 0 Å². The first-order valence-corrected chi connectivity index (χ1v) is 7.42. The maximum atomic E-state index is 12.0. The molecule has 0 saturated carbocycles. The molecule has 1 aromatic rings. The molecule has 2 amide bonds. The van der Waals surface area contributed by atoms with Crippen molar-refractivity contribution in [1.82, 2.24) is 5.32 Å². The molecular formula is C15H23Cl2N3O4. The Kier molecular flexibility index (Phi) is 9.50. The number of benzene rings is 1. The van der Waals surface area contributed by atoms with Crippen LogP contribution < -0.4 is 25.8 Å². The number of hydrogen-bond acceptors (Lipinski definition) is 5. The van der Waals surface area contributed by atoms with Gasteiger partial charge in [0.25, 0.3) is 0 Å². The molecule has 9 heteroatoms. The number of amides is 2. The van der Waals surface area contributed by atoms with E-state index < -0.39 is 11.9 Å². The van der Waals surface area contributed by atoms with E-state index in [9.17, 15) is 9.59 Å². The smallest absolute Gasteiger partial charge is 0.243 e. The van der Waals surface area contributed by atoms with Crippen LogP contribution >= 0.6 is 24.0 Å². The van der Waals surface area contributed by atoms with Crippen molar-refractivity contribution in [1.29, 1.82) is 0 Å². The number of rotatable bonds is 7. The Morgan fingerprint density at radius 1 is 1.21 bits per heavy atom. The Bertz CT molecular complexity index is 582. The van der Waals surface area contributed by atoms with Crippen molar-refractivity contribution in [3.05, 3.63) is 17.2 Å². The molecule has 1 aromatic carbocycles. The molecule has 0 aliphatic heterocycles. The molecule has 1 rings (SSSR count). The molecule has 0 heterocycles. The molecular weight excluding hydrogens is 357 g/mol. The summed E-state index contributed by atoms with van der Waals surface area (Å²) in [5.41, 5.74) is 6.09. The van der Waals surface area contributed by atoms with E-state index in [2.05, 4.69) is 10.6 Å². The Labute approximate surface area is 152 Å². The SMILES string of the molecule is COc1cc(NC(=O)CNC(=O)[C@@H](N)C(C)C)c(OC)cc1Cl.Cl. The zero-order chi connectivity index (χ0) is 17.6. The van der Waals surface area contributed by atoms with Gasteiger partial charge in [-0.05, 0) is 5.92 Å². The fourth-order valence-electron chi connectivity index (χ4n) is 1.74. The Hall–Kier alpha value is -1.70. The molecule has 0 aliphatic rings. The highest BCUT2D eigenvalue weighted by Gasteiger charge is 2.18. The summed E-state index contributed by atoms with van der Waals surface area (Å²) in [5, 5.41) is 5.48. The highest BCUT2D eigenvalue weighted by Crippen LogP contribution is 2.35. The molecule has 0 aromatic heterocycles. The summed E-state index contributed by atoms with van der Waals surface area (Å²) in [6.45, 7) is 3.46. The van der Waals surface area contributed by atoms with Crippen LogP contribution in [0.3, 0.4) is 0 Å². The van der Waals surface area contributed by atoms with Gasteiger partial charge in [0.2, 0.25) is 11.8 Å². The topological polar surface area (TPSA) is 103 Å². The molecule has 0 radical (unpaired) electrons. The van der Waals surface area contributed by atoms with E-state index in [1.165, 1.54) is 20.3 Å². The van der Waals surface area contributed by atoms with Gasteiger partial charge in [0, 0.05) is 12.1 Å². The normalized spacial score (nSPS) is 11.3. The first-order valence-electron chi connectivity index (χ1n) is 7.04. The van der Waals surface area contributed by atoms with Crippen molar-refractivity contribution in [3.8, 4) is 11.5 Å². The summed E-state index contributed by atoms with van der Waals surface area (Å²) in [5.74, 6) is -0.0329. The fourth-order valence-corrected chi connectivity index (χ4v) is 1.97. The lowest BCUT2D eigenvalue weighted by molar-refractivity contribution is -0.125. The summed E-state index contributed by atoms with van der Waals surface area (Å²) >= 11 is 6.00. The maximum absolute atomic E-state index is 12.0. The number of carbonyl (C=O) groups excluding carboxylic acids is 2. The standard InChI is InChI=1S/C15H22ClN3O4.ClH/c1-8(2)14(17)15(21)18-7-13(20)19-10-6-11(22-3)9(16)5-12(10)23-4;/h5-6,8,14H,7,17H2,1-4H3,(H,18,21)(H,19,20);1H/t14-;/m0./s1. The second-order valence-corrected chi connectivity index (χ2v) is 5.63. The summed E-state index contributed by atoms with van der Waals surface area (Å²) < 4.78 is 10.3. The van der Waals surface area contributed by atoms with Crippen LogP contribution in [0.25, 0.3) is 0 Å². The lowest BCUT2D eigenvalue weighted by Crippen LogP contribution is -2.46. The van der Waals surface area contributed by atoms with Gasteiger partial charge in [0.1, 0.15) is 11.5 Å². The predicted octanol–water partition coefficient (Wildman–Crippen LogP) is 1.82. The zero-order valence-electron chi connectivity index (χ0n) is 14.0. The number of nitrogens with two attached hydrogens (primary N) is 1. The monoisotopic (exact) mass is 379 g/mol. The van der Waals surface area contributed by atoms with Crippen molar-refractivity contribution in [2.75, 3.05) is 26.1 Å². The Balaban J connectivity index is 0.00000529. The lowest BCUT2D eigenvalue weighted by atomic mass is 10.1. The number of carbonyl (C=O) groups is 2. The minimum atomic E-state index is -0.659. The second kappa shape index (κ2) is 10.2. The Morgan fingerprint density at radius 2 is 1.79 bits per heavy atom. The van der Waals surface area contributed by atoms with Gasteiger partial charge in [-0.1, -0.05) is 25.4 Å². The van der Waals surface area contributed by atoms with E-state index >= 15 is 0 Å². The van der Waals surface area contributed by atoms with Crippen LogP contribution in [0.2, 0.25) is 5.02 Å². The molecule has 0 aliphatic carbocycles.